The topological polar surface area (TPSA) is 73.4 Å². The van der Waals surface area contributed by atoms with Gasteiger partial charge >= 0.3 is 6.18 Å². The average Bonchev–Trinajstić information content (AvgIpc) is 3.55. The van der Waals surface area contributed by atoms with Crippen molar-refractivity contribution in [2.24, 2.45) is 0 Å². The van der Waals surface area contributed by atoms with Gasteiger partial charge in [0.2, 0.25) is 5.95 Å². The number of benzene rings is 3. The zero-order valence-corrected chi connectivity index (χ0v) is 25.6. The molecule has 0 bridgehead atoms. The highest BCUT2D eigenvalue weighted by atomic mass is 19.4. The van der Waals surface area contributed by atoms with Crippen LogP contribution >= 0.6 is 0 Å². The van der Waals surface area contributed by atoms with Crippen LogP contribution in [0.3, 0.4) is 0 Å². The lowest BCUT2D eigenvalue weighted by atomic mass is 9.96. The number of carbonyl (C=O) groups excluding carboxylic acids is 1. The van der Waals surface area contributed by atoms with E-state index in [0.29, 0.717) is 23.6 Å². The van der Waals surface area contributed by atoms with E-state index >= 15 is 0 Å². The molecule has 0 atom stereocenters. The van der Waals surface area contributed by atoms with Crippen molar-refractivity contribution < 1.29 is 18.0 Å². The van der Waals surface area contributed by atoms with E-state index in [2.05, 4.69) is 30.4 Å². The van der Waals surface area contributed by atoms with Gasteiger partial charge in [-0.05, 0) is 117 Å². The molecule has 10 heteroatoms. The predicted molar refractivity (Wildman–Crippen MR) is 172 cm³/mol. The van der Waals surface area contributed by atoms with Crippen LogP contribution in [0.2, 0.25) is 0 Å². The van der Waals surface area contributed by atoms with Gasteiger partial charge in [0, 0.05) is 42.5 Å². The van der Waals surface area contributed by atoms with Gasteiger partial charge in [0.15, 0.2) is 0 Å². The van der Waals surface area contributed by atoms with Crippen molar-refractivity contribution in [1.82, 2.24) is 19.8 Å². The van der Waals surface area contributed by atoms with Crippen molar-refractivity contribution in [1.29, 1.82) is 0 Å². The number of anilines is 2. The Labute approximate surface area is 261 Å². The van der Waals surface area contributed by atoms with E-state index in [9.17, 15) is 18.0 Å². The third kappa shape index (κ3) is 7.62. The smallest absolute Gasteiger partial charge is 0.353 e. The Morgan fingerprint density at radius 3 is 2.42 bits per heavy atom. The number of likely N-dealkylation sites (tertiary alicyclic amines) is 2. The fourth-order valence-corrected chi connectivity index (χ4v) is 6.25. The first-order valence-electron chi connectivity index (χ1n) is 15.8. The molecule has 0 saturated carbocycles. The summed E-state index contributed by atoms with van der Waals surface area (Å²) in [6.45, 7) is 8.30. The lowest BCUT2D eigenvalue weighted by molar-refractivity contribution is -0.137. The Hall–Kier alpha value is -4.02. The van der Waals surface area contributed by atoms with Gasteiger partial charge in [0.05, 0.1) is 11.1 Å². The number of carbonyl (C=O) groups is 1. The highest BCUT2D eigenvalue weighted by Gasteiger charge is 2.31. The number of fused-ring (bicyclic) bond motifs is 1. The maximum Gasteiger partial charge on any atom is 0.416 e. The summed E-state index contributed by atoms with van der Waals surface area (Å²) in [7, 11) is 0. The molecule has 0 spiro atoms. The third-order valence-electron chi connectivity index (χ3n) is 8.83. The molecule has 0 radical (unpaired) electrons. The number of piperidine rings is 1. The molecule has 2 aliphatic heterocycles. The highest BCUT2D eigenvalue weighted by Crippen LogP contribution is 2.34. The number of hydrogen-bond donors (Lipinski definition) is 2. The number of nitrogens with zero attached hydrogens (tertiary/aromatic N) is 4. The molecule has 45 heavy (non-hydrogen) atoms. The van der Waals surface area contributed by atoms with Crippen molar-refractivity contribution in [3.8, 4) is 11.1 Å². The van der Waals surface area contributed by atoms with Crippen LogP contribution in [-0.2, 0) is 12.7 Å². The fraction of sp³-hybridized carbons (Fsp3) is 0.400. The van der Waals surface area contributed by atoms with Crippen LogP contribution in [0.5, 0.6) is 0 Å². The van der Waals surface area contributed by atoms with Gasteiger partial charge in [-0.2, -0.15) is 13.2 Å². The maximum atomic E-state index is 13.6. The number of nitrogens with one attached hydrogen (secondary N) is 2. The van der Waals surface area contributed by atoms with Gasteiger partial charge in [-0.3, -0.25) is 9.69 Å². The van der Waals surface area contributed by atoms with E-state index in [1.54, 1.807) is 18.3 Å². The summed E-state index contributed by atoms with van der Waals surface area (Å²) in [6.07, 6.45) is 3.26. The molecule has 3 heterocycles. The van der Waals surface area contributed by atoms with Crippen molar-refractivity contribution in [2.45, 2.75) is 51.7 Å². The number of aryl methyl sites for hydroxylation is 1. The summed E-state index contributed by atoms with van der Waals surface area (Å²) < 4.78 is 40.7. The maximum absolute atomic E-state index is 13.6. The first-order chi connectivity index (χ1) is 21.7. The number of halogens is 3. The molecule has 0 aliphatic carbocycles. The summed E-state index contributed by atoms with van der Waals surface area (Å²) in [5.41, 5.74) is 3.98. The molecule has 2 aliphatic rings. The summed E-state index contributed by atoms with van der Waals surface area (Å²) in [6, 6.07) is 14.9. The molecule has 3 aromatic carbocycles. The van der Waals surface area contributed by atoms with Crippen LogP contribution in [0.15, 0.2) is 60.8 Å². The monoisotopic (exact) mass is 616 g/mol. The van der Waals surface area contributed by atoms with Crippen LogP contribution in [-0.4, -0.2) is 64.9 Å². The predicted octanol–water partition coefficient (Wildman–Crippen LogP) is 7.37. The number of rotatable bonds is 9. The van der Waals surface area contributed by atoms with Crippen LogP contribution in [0.1, 0.15) is 59.2 Å². The molecule has 7 nitrogen and oxygen atoms in total. The minimum atomic E-state index is -4.51. The van der Waals surface area contributed by atoms with Gasteiger partial charge in [0.25, 0.3) is 5.91 Å². The van der Waals surface area contributed by atoms with Crippen molar-refractivity contribution in [3.05, 3.63) is 83.0 Å². The van der Waals surface area contributed by atoms with Crippen LogP contribution in [0.25, 0.3) is 22.0 Å². The van der Waals surface area contributed by atoms with Crippen LogP contribution in [0.4, 0.5) is 24.8 Å². The van der Waals surface area contributed by atoms with Gasteiger partial charge in [-0.1, -0.05) is 24.6 Å². The molecule has 6 rings (SSSR count). The van der Waals surface area contributed by atoms with Gasteiger partial charge in [0.1, 0.15) is 0 Å². The third-order valence-corrected chi connectivity index (χ3v) is 8.83. The lowest BCUT2D eigenvalue weighted by Gasteiger charge is -2.26. The first kappa shape index (κ1) is 31.0. The average molecular weight is 617 g/mol. The second-order valence-corrected chi connectivity index (χ2v) is 12.1. The summed E-state index contributed by atoms with van der Waals surface area (Å²) in [4.78, 5) is 27.3. The lowest BCUT2D eigenvalue weighted by Crippen LogP contribution is -2.33. The first-order valence-corrected chi connectivity index (χ1v) is 15.8. The zero-order valence-electron chi connectivity index (χ0n) is 25.6. The quantitative estimate of drug-likeness (QED) is 0.205. The molecular weight excluding hydrogens is 577 g/mol. The summed E-state index contributed by atoms with van der Waals surface area (Å²) >= 11 is 0. The fourth-order valence-electron chi connectivity index (χ4n) is 6.25. The van der Waals surface area contributed by atoms with E-state index in [-0.39, 0.29) is 5.69 Å². The summed E-state index contributed by atoms with van der Waals surface area (Å²) in [5.74, 6) is 0.142. The van der Waals surface area contributed by atoms with E-state index in [0.717, 1.165) is 91.8 Å². The molecule has 4 aromatic rings. The second-order valence-electron chi connectivity index (χ2n) is 12.1. The molecular formula is C35H39F3N6O. The van der Waals surface area contributed by atoms with Gasteiger partial charge in [-0.15, -0.1) is 0 Å². The number of aromatic nitrogens is 2. The molecule has 1 amide bonds. The number of hydrogen-bond acceptors (Lipinski definition) is 6. The van der Waals surface area contributed by atoms with E-state index in [4.69, 9.17) is 0 Å². The van der Waals surface area contributed by atoms with Crippen molar-refractivity contribution in [3.63, 3.8) is 0 Å². The van der Waals surface area contributed by atoms with Gasteiger partial charge in [-0.25, -0.2) is 9.97 Å². The standard InChI is InChI=1S/C35H39F3N6O/c1-24-7-8-26(33(45)41-32-21-29(35(36,37)38)11-9-27(32)23-44-16-5-6-17-44)20-30(24)25-10-12-31-28(19-25)22-40-34(42-31)39-13-18-43-14-3-2-4-15-43/h7-12,19-22H,2-6,13-18,23H2,1H3,(H,41,45)(H,39,40,42). The Kier molecular flexibility index (Phi) is 9.32. The molecule has 2 fully saturated rings. The second kappa shape index (κ2) is 13.5. The highest BCUT2D eigenvalue weighted by molar-refractivity contribution is 6.05. The number of amides is 1. The van der Waals surface area contributed by atoms with Crippen LogP contribution in [0, 0.1) is 6.92 Å². The molecule has 2 N–H and O–H groups in total. The van der Waals surface area contributed by atoms with Gasteiger partial charge < -0.3 is 15.5 Å². The van der Waals surface area contributed by atoms with E-state index in [1.165, 1.54) is 25.3 Å². The minimum absolute atomic E-state index is 0.187. The normalized spacial score (nSPS) is 16.3. The summed E-state index contributed by atoms with van der Waals surface area (Å²) in [5, 5.41) is 7.00. The Balaban J connectivity index is 1.19. The van der Waals surface area contributed by atoms with E-state index < -0.39 is 17.6 Å². The molecule has 1 aromatic heterocycles. The molecule has 2 saturated heterocycles. The minimum Gasteiger partial charge on any atom is -0.353 e. The largest absolute Gasteiger partial charge is 0.416 e. The molecule has 236 valence electrons. The van der Waals surface area contributed by atoms with E-state index in [1.807, 2.05) is 31.2 Å². The Bertz CT molecular complexity index is 1660. The SMILES string of the molecule is Cc1ccc(C(=O)Nc2cc(C(F)(F)F)ccc2CN2CCCC2)cc1-c1ccc2nc(NCCN3CCCCC3)ncc2c1. The Morgan fingerprint density at radius 2 is 1.64 bits per heavy atom. The zero-order chi connectivity index (χ0) is 31.4. The number of alkyl halides is 3. The van der Waals surface area contributed by atoms with Crippen LogP contribution < -0.4 is 10.6 Å². The molecule has 0 unspecified atom stereocenters. The van der Waals surface area contributed by atoms with Crippen molar-refractivity contribution in [2.75, 3.05) is 49.9 Å². The Morgan fingerprint density at radius 1 is 0.889 bits per heavy atom. The van der Waals surface area contributed by atoms with Crippen molar-refractivity contribution >= 4 is 28.4 Å².